The van der Waals surface area contributed by atoms with E-state index in [4.69, 9.17) is 23.2 Å². The normalized spacial score (nSPS) is 10.5. The Morgan fingerprint density at radius 1 is 1.14 bits per heavy atom. The largest absolute Gasteiger partial charge is 0.370 e. The van der Waals surface area contributed by atoms with Crippen molar-refractivity contribution < 1.29 is 0 Å². The third-order valence-electron chi connectivity index (χ3n) is 2.89. The molecule has 0 atom stereocenters. The molecule has 0 aliphatic heterocycles. The lowest BCUT2D eigenvalue weighted by atomic mass is 10.3. The average Bonchev–Trinajstić information content (AvgIpc) is 2.44. The first-order chi connectivity index (χ1) is 10.1. The van der Waals surface area contributed by atoms with Gasteiger partial charge in [0.1, 0.15) is 17.5 Å². The number of unbranched alkanes of at least 4 members (excludes halogenated alkanes) is 1. The average molecular weight is 325 g/mol. The molecule has 1 aromatic heterocycles. The van der Waals surface area contributed by atoms with Gasteiger partial charge < -0.3 is 10.6 Å². The van der Waals surface area contributed by atoms with Crippen LogP contribution in [0.3, 0.4) is 0 Å². The van der Waals surface area contributed by atoms with Gasteiger partial charge in [-0.15, -0.1) is 0 Å². The van der Waals surface area contributed by atoms with Gasteiger partial charge in [0.2, 0.25) is 0 Å². The summed E-state index contributed by atoms with van der Waals surface area (Å²) in [5, 5.41) is 7.46. The number of nitrogens with one attached hydrogen (secondary N) is 2. The molecular weight excluding hydrogens is 307 g/mol. The summed E-state index contributed by atoms with van der Waals surface area (Å²) in [6.45, 7) is 4.90. The van der Waals surface area contributed by atoms with Crippen LogP contribution in [-0.2, 0) is 0 Å². The van der Waals surface area contributed by atoms with Crippen molar-refractivity contribution in [2.24, 2.45) is 0 Å². The summed E-state index contributed by atoms with van der Waals surface area (Å²) >= 11 is 12.2. The van der Waals surface area contributed by atoms with Crippen molar-refractivity contribution in [3.05, 3.63) is 40.1 Å². The molecule has 1 heterocycles. The molecular formula is C15H18Cl2N4. The molecule has 4 nitrogen and oxygen atoms in total. The van der Waals surface area contributed by atoms with E-state index in [0.717, 1.165) is 30.9 Å². The Balaban J connectivity index is 2.17. The number of hydrogen-bond acceptors (Lipinski definition) is 4. The van der Waals surface area contributed by atoms with Crippen LogP contribution in [0.2, 0.25) is 10.0 Å². The highest BCUT2D eigenvalue weighted by Crippen LogP contribution is 2.31. The Kier molecular flexibility index (Phi) is 5.65. The Hall–Kier alpha value is -1.52. The van der Waals surface area contributed by atoms with Gasteiger partial charge in [-0.1, -0.05) is 42.6 Å². The van der Waals surface area contributed by atoms with Crippen LogP contribution in [0.1, 0.15) is 25.6 Å². The first-order valence-corrected chi connectivity index (χ1v) is 7.66. The summed E-state index contributed by atoms with van der Waals surface area (Å²) < 4.78 is 0. The second kappa shape index (κ2) is 7.48. The molecule has 0 aliphatic rings. The van der Waals surface area contributed by atoms with Crippen LogP contribution in [0, 0.1) is 6.92 Å². The molecule has 6 heteroatoms. The van der Waals surface area contributed by atoms with Crippen LogP contribution < -0.4 is 10.6 Å². The van der Waals surface area contributed by atoms with E-state index >= 15 is 0 Å². The van der Waals surface area contributed by atoms with E-state index in [-0.39, 0.29) is 0 Å². The third kappa shape index (κ3) is 4.48. The van der Waals surface area contributed by atoms with E-state index in [9.17, 15) is 0 Å². The van der Waals surface area contributed by atoms with Crippen LogP contribution in [0.5, 0.6) is 0 Å². The molecule has 2 N–H and O–H groups in total. The van der Waals surface area contributed by atoms with Gasteiger partial charge >= 0.3 is 0 Å². The first-order valence-electron chi connectivity index (χ1n) is 6.90. The van der Waals surface area contributed by atoms with Gasteiger partial charge in [0.25, 0.3) is 0 Å². The predicted octanol–water partition coefficient (Wildman–Crippen LogP) is 5.05. The minimum Gasteiger partial charge on any atom is -0.370 e. The summed E-state index contributed by atoms with van der Waals surface area (Å²) in [6.07, 6.45) is 2.24. The summed E-state index contributed by atoms with van der Waals surface area (Å²) in [5.74, 6) is 2.18. The number of halogens is 2. The predicted molar refractivity (Wildman–Crippen MR) is 89.9 cm³/mol. The molecule has 0 bridgehead atoms. The highest BCUT2D eigenvalue weighted by atomic mass is 35.5. The van der Waals surface area contributed by atoms with Crippen LogP contribution in [0.4, 0.5) is 17.3 Å². The van der Waals surface area contributed by atoms with E-state index < -0.39 is 0 Å². The van der Waals surface area contributed by atoms with E-state index in [1.165, 1.54) is 0 Å². The second-order valence-electron chi connectivity index (χ2n) is 4.69. The molecule has 0 amide bonds. The SMILES string of the molecule is CCCCNc1cc(Nc2cccc(Cl)c2Cl)nc(C)n1. The molecule has 0 unspecified atom stereocenters. The molecule has 0 fully saturated rings. The Morgan fingerprint density at radius 2 is 1.90 bits per heavy atom. The van der Waals surface area contributed by atoms with Gasteiger partial charge in [-0.05, 0) is 25.5 Å². The Labute approximate surface area is 134 Å². The van der Waals surface area contributed by atoms with Crippen LogP contribution in [0.25, 0.3) is 0 Å². The van der Waals surface area contributed by atoms with E-state index in [1.807, 2.05) is 25.1 Å². The highest BCUT2D eigenvalue weighted by Gasteiger charge is 2.07. The standard InChI is InChI=1S/C15H18Cl2N4/c1-3-4-8-18-13-9-14(20-10(2)19-13)21-12-7-5-6-11(16)15(12)17/h5-7,9H,3-4,8H2,1-2H3,(H2,18,19,20,21). The number of nitrogens with zero attached hydrogens (tertiary/aromatic N) is 2. The van der Waals surface area contributed by atoms with Crippen LogP contribution in [-0.4, -0.2) is 16.5 Å². The zero-order chi connectivity index (χ0) is 15.2. The number of aromatic nitrogens is 2. The lowest BCUT2D eigenvalue weighted by Crippen LogP contribution is -2.06. The Morgan fingerprint density at radius 3 is 2.67 bits per heavy atom. The summed E-state index contributed by atoms with van der Waals surface area (Å²) in [6, 6.07) is 7.30. The van der Waals surface area contributed by atoms with Crippen molar-refractivity contribution in [1.82, 2.24) is 9.97 Å². The van der Waals surface area contributed by atoms with Gasteiger partial charge in [-0.25, -0.2) is 9.97 Å². The Bertz CT molecular complexity index is 617. The van der Waals surface area contributed by atoms with E-state index in [1.54, 1.807) is 6.07 Å². The molecule has 0 aliphatic carbocycles. The van der Waals surface area contributed by atoms with E-state index in [0.29, 0.717) is 21.7 Å². The van der Waals surface area contributed by atoms with Crippen molar-refractivity contribution in [2.75, 3.05) is 17.2 Å². The number of rotatable bonds is 6. The molecule has 112 valence electrons. The van der Waals surface area contributed by atoms with Crippen molar-refractivity contribution in [2.45, 2.75) is 26.7 Å². The molecule has 0 saturated carbocycles. The van der Waals surface area contributed by atoms with Crippen LogP contribution >= 0.6 is 23.2 Å². The molecule has 21 heavy (non-hydrogen) atoms. The minimum atomic E-state index is 0.482. The summed E-state index contributed by atoms with van der Waals surface area (Å²) in [5.41, 5.74) is 0.724. The maximum absolute atomic E-state index is 6.17. The van der Waals surface area contributed by atoms with Gasteiger partial charge in [0, 0.05) is 12.6 Å². The molecule has 0 radical (unpaired) electrons. The van der Waals surface area contributed by atoms with Crippen LogP contribution in [0.15, 0.2) is 24.3 Å². The van der Waals surface area contributed by atoms with E-state index in [2.05, 4.69) is 27.5 Å². The lowest BCUT2D eigenvalue weighted by Gasteiger charge is -2.11. The fourth-order valence-electron chi connectivity index (χ4n) is 1.85. The zero-order valence-corrected chi connectivity index (χ0v) is 13.6. The molecule has 0 spiro atoms. The smallest absolute Gasteiger partial charge is 0.136 e. The fourth-order valence-corrected chi connectivity index (χ4v) is 2.20. The molecule has 0 saturated heterocycles. The van der Waals surface area contributed by atoms with Gasteiger partial charge in [0.05, 0.1) is 15.7 Å². The van der Waals surface area contributed by atoms with Crippen molar-refractivity contribution in [3.8, 4) is 0 Å². The maximum Gasteiger partial charge on any atom is 0.136 e. The molecule has 1 aromatic carbocycles. The molecule has 2 rings (SSSR count). The monoisotopic (exact) mass is 324 g/mol. The number of aryl methyl sites for hydroxylation is 1. The number of benzene rings is 1. The van der Waals surface area contributed by atoms with Crippen molar-refractivity contribution in [1.29, 1.82) is 0 Å². The van der Waals surface area contributed by atoms with Gasteiger partial charge in [0.15, 0.2) is 0 Å². The summed E-state index contributed by atoms with van der Waals surface area (Å²) in [7, 11) is 0. The number of hydrogen-bond donors (Lipinski definition) is 2. The van der Waals surface area contributed by atoms with Gasteiger partial charge in [-0.3, -0.25) is 0 Å². The summed E-state index contributed by atoms with van der Waals surface area (Å²) in [4.78, 5) is 8.73. The number of anilines is 3. The quantitative estimate of drug-likeness (QED) is 0.730. The third-order valence-corrected chi connectivity index (χ3v) is 3.71. The second-order valence-corrected chi connectivity index (χ2v) is 5.48. The lowest BCUT2D eigenvalue weighted by molar-refractivity contribution is 0.829. The first kappa shape index (κ1) is 15.9. The fraction of sp³-hybridized carbons (Fsp3) is 0.333. The van der Waals surface area contributed by atoms with Gasteiger partial charge in [-0.2, -0.15) is 0 Å². The molecule has 2 aromatic rings. The topological polar surface area (TPSA) is 49.8 Å². The minimum absolute atomic E-state index is 0.482. The highest BCUT2D eigenvalue weighted by molar-refractivity contribution is 6.43. The zero-order valence-electron chi connectivity index (χ0n) is 12.1. The van der Waals surface area contributed by atoms with Crippen molar-refractivity contribution in [3.63, 3.8) is 0 Å². The van der Waals surface area contributed by atoms with Crippen molar-refractivity contribution >= 4 is 40.5 Å². The maximum atomic E-state index is 6.17.